The summed E-state index contributed by atoms with van der Waals surface area (Å²) >= 11 is 0. The number of carbonyl (C=O) groups is 1. The first-order valence-corrected chi connectivity index (χ1v) is 5.71. The van der Waals surface area contributed by atoms with Crippen LogP contribution >= 0.6 is 0 Å². The van der Waals surface area contributed by atoms with E-state index >= 15 is 0 Å². The van der Waals surface area contributed by atoms with Crippen LogP contribution in [0.3, 0.4) is 0 Å². The van der Waals surface area contributed by atoms with Crippen LogP contribution in [0, 0.1) is 0 Å². The van der Waals surface area contributed by atoms with Crippen molar-refractivity contribution in [2.75, 3.05) is 5.73 Å². The van der Waals surface area contributed by atoms with Crippen molar-refractivity contribution in [3.05, 3.63) is 11.4 Å². The summed E-state index contributed by atoms with van der Waals surface area (Å²) in [4.78, 5) is 11.9. The molecule has 1 amide bonds. The fourth-order valence-corrected chi connectivity index (χ4v) is 1.65. The van der Waals surface area contributed by atoms with Crippen LogP contribution in [0.25, 0.3) is 0 Å². The van der Waals surface area contributed by atoms with Crippen LogP contribution in [-0.2, 0) is 6.42 Å². The second-order valence-electron chi connectivity index (χ2n) is 4.73. The molecule has 0 atom stereocenters. The Bertz CT molecular complexity index is 406. The molecule has 1 aliphatic carbocycles. The van der Waals surface area contributed by atoms with Gasteiger partial charge in [-0.2, -0.15) is 5.10 Å². The molecule has 0 unspecified atom stereocenters. The van der Waals surface area contributed by atoms with Crippen LogP contribution in [0.5, 0.6) is 0 Å². The summed E-state index contributed by atoms with van der Waals surface area (Å²) in [6, 6.07) is 0. The smallest absolute Gasteiger partial charge is 0.274 e. The number of nitrogen functional groups attached to an aromatic ring is 1. The van der Waals surface area contributed by atoms with E-state index in [0.29, 0.717) is 11.4 Å². The third kappa shape index (κ3) is 2.03. The van der Waals surface area contributed by atoms with Gasteiger partial charge in [0.1, 0.15) is 0 Å². The number of hydrogen-bond donors (Lipinski definition) is 3. The Kier molecular flexibility index (Phi) is 2.61. The summed E-state index contributed by atoms with van der Waals surface area (Å²) in [6.07, 6.45) is 3.87. The lowest BCUT2D eigenvalue weighted by molar-refractivity contribution is 0.0931. The number of aromatic nitrogens is 2. The van der Waals surface area contributed by atoms with E-state index in [4.69, 9.17) is 5.73 Å². The fraction of sp³-hybridized carbons (Fsp3) is 0.636. The highest BCUT2D eigenvalue weighted by molar-refractivity contribution is 5.98. The number of carbonyl (C=O) groups excluding carboxylic acids is 1. The van der Waals surface area contributed by atoms with Crippen LogP contribution in [-0.4, -0.2) is 21.6 Å². The molecule has 1 saturated carbocycles. The number of aryl methyl sites for hydroxylation is 1. The topological polar surface area (TPSA) is 83.8 Å². The lowest BCUT2D eigenvalue weighted by atomic mass is 10.2. The molecule has 5 heteroatoms. The molecule has 0 bridgehead atoms. The lowest BCUT2D eigenvalue weighted by Crippen LogP contribution is -2.34. The van der Waals surface area contributed by atoms with Gasteiger partial charge in [0.05, 0.1) is 11.4 Å². The first kappa shape index (κ1) is 11.0. The first-order chi connectivity index (χ1) is 7.56. The minimum atomic E-state index is -0.170. The van der Waals surface area contributed by atoms with E-state index in [1.165, 1.54) is 0 Å². The third-order valence-corrected chi connectivity index (χ3v) is 3.01. The first-order valence-electron chi connectivity index (χ1n) is 5.71. The molecule has 4 N–H and O–H groups in total. The average Bonchev–Trinajstić information content (AvgIpc) is 2.82. The van der Waals surface area contributed by atoms with Crippen molar-refractivity contribution in [3.63, 3.8) is 0 Å². The molecule has 2 rings (SSSR count). The fourth-order valence-electron chi connectivity index (χ4n) is 1.65. The molecular weight excluding hydrogens is 204 g/mol. The van der Waals surface area contributed by atoms with Crippen LogP contribution in [0.2, 0.25) is 0 Å². The van der Waals surface area contributed by atoms with Crippen LogP contribution < -0.4 is 11.1 Å². The Balaban J connectivity index is 2.10. The van der Waals surface area contributed by atoms with Crippen LogP contribution in [0.4, 0.5) is 5.69 Å². The molecule has 0 radical (unpaired) electrons. The molecule has 1 fully saturated rings. The molecular formula is C11H18N4O. The summed E-state index contributed by atoms with van der Waals surface area (Å²) in [7, 11) is 0. The van der Waals surface area contributed by atoms with E-state index in [2.05, 4.69) is 22.4 Å². The van der Waals surface area contributed by atoms with Crippen LogP contribution in [0.1, 0.15) is 49.3 Å². The third-order valence-electron chi connectivity index (χ3n) is 3.01. The highest BCUT2D eigenvalue weighted by Crippen LogP contribution is 2.34. The second-order valence-corrected chi connectivity index (χ2v) is 4.73. The largest absolute Gasteiger partial charge is 0.395 e. The second kappa shape index (κ2) is 3.81. The van der Waals surface area contributed by atoms with Gasteiger partial charge in [0.2, 0.25) is 0 Å². The van der Waals surface area contributed by atoms with Gasteiger partial charge in [-0.3, -0.25) is 9.89 Å². The van der Waals surface area contributed by atoms with E-state index < -0.39 is 0 Å². The summed E-state index contributed by atoms with van der Waals surface area (Å²) in [6.45, 7) is 4.09. The Labute approximate surface area is 94.8 Å². The zero-order valence-corrected chi connectivity index (χ0v) is 9.76. The van der Waals surface area contributed by atoms with Crippen molar-refractivity contribution in [2.24, 2.45) is 0 Å². The maximum atomic E-state index is 11.9. The van der Waals surface area contributed by atoms with E-state index in [-0.39, 0.29) is 11.4 Å². The number of aromatic amines is 1. The molecule has 0 aliphatic heterocycles. The predicted octanol–water partition coefficient (Wildman–Crippen LogP) is 1.23. The summed E-state index contributed by atoms with van der Waals surface area (Å²) in [5.41, 5.74) is 7.52. The van der Waals surface area contributed by atoms with Gasteiger partial charge in [0.15, 0.2) is 5.69 Å². The zero-order valence-electron chi connectivity index (χ0n) is 9.76. The van der Waals surface area contributed by atoms with Gasteiger partial charge in [-0.1, -0.05) is 13.3 Å². The lowest BCUT2D eigenvalue weighted by Gasteiger charge is -2.09. The Morgan fingerprint density at radius 2 is 2.31 bits per heavy atom. The number of hydrogen-bond acceptors (Lipinski definition) is 3. The SMILES string of the molecule is CCCc1[nH]nc(C(=O)NC2(C)CC2)c1N. The minimum Gasteiger partial charge on any atom is -0.395 e. The normalized spacial score (nSPS) is 17.1. The molecule has 0 spiro atoms. The molecule has 0 aromatic carbocycles. The highest BCUT2D eigenvalue weighted by Gasteiger charge is 2.39. The molecule has 88 valence electrons. The van der Waals surface area contributed by atoms with Crippen molar-refractivity contribution in [2.45, 2.75) is 45.1 Å². The van der Waals surface area contributed by atoms with Crippen molar-refractivity contribution in [3.8, 4) is 0 Å². The molecule has 1 aromatic rings. The van der Waals surface area contributed by atoms with Crippen molar-refractivity contribution >= 4 is 11.6 Å². The number of anilines is 1. The zero-order chi connectivity index (χ0) is 11.8. The van der Waals surface area contributed by atoms with Gasteiger partial charge in [0.25, 0.3) is 5.91 Å². The summed E-state index contributed by atoms with van der Waals surface area (Å²) in [5, 5.41) is 9.75. The van der Waals surface area contributed by atoms with Crippen molar-refractivity contribution in [1.29, 1.82) is 0 Å². The van der Waals surface area contributed by atoms with Gasteiger partial charge in [-0.25, -0.2) is 0 Å². The molecule has 1 aromatic heterocycles. The average molecular weight is 222 g/mol. The van der Waals surface area contributed by atoms with E-state index in [1.807, 2.05) is 6.92 Å². The van der Waals surface area contributed by atoms with Gasteiger partial charge >= 0.3 is 0 Å². The number of rotatable bonds is 4. The summed E-state index contributed by atoms with van der Waals surface area (Å²) in [5.74, 6) is -0.170. The van der Waals surface area contributed by atoms with Gasteiger partial charge in [0, 0.05) is 5.54 Å². The number of nitrogens with zero attached hydrogens (tertiary/aromatic N) is 1. The van der Waals surface area contributed by atoms with Crippen molar-refractivity contribution < 1.29 is 4.79 Å². The molecule has 1 aliphatic rings. The maximum Gasteiger partial charge on any atom is 0.274 e. The standard InChI is InChI=1S/C11H18N4O/c1-3-4-7-8(12)9(15-14-7)10(16)13-11(2)5-6-11/h3-6,12H2,1-2H3,(H,13,16)(H,14,15). The van der Waals surface area contributed by atoms with E-state index in [0.717, 1.165) is 31.4 Å². The Hall–Kier alpha value is -1.52. The van der Waals surface area contributed by atoms with Gasteiger partial charge < -0.3 is 11.1 Å². The summed E-state index contributed by atoms with van der Waals surface area (Å²) < 4.78 is 0. The minimum absolute atomic E-state index is 0.0343. The molecule has 5 nitrogen and oxygen atoms in total. The highest BCUT2D eigenvalue weighted by atomic mass is 16.2. The predicted molar refractivity (Wildman–Crippen MR) is 62.1 cm³/mol. The van der Waals surface area contributed by atoms with Gasteiger partial charge in [-0.05, 0) is 26.2 Å². The molecule has 1 heterocycles. The van der Waals surface area contributed by atoms with E-state index in [1.54, 1.807) is 0 Å². The van der Waals surface area contributed by atoms with Crippen LogP contribution in [0.15, 0.2) is 0 Å². The quantitative estimate of drug-likeness (QED) is 0.716. The number of nitrogens with one attached hydrogen (secondary N) is 2. The molecule has 16 heavy (non-hydrogen) atoms. The Morgan fingerprint density at radius 3 is 2.88 bits per heavy atom. The van der Waals surface area contributed by atoms with Gasteiger partial charge in [-0.15, -0.1) is 0 Å². The monoisotopic (exact) mass is 222 g/mol. The van der Waals surface area contributed by atoms with Crippen molar-refractivity contribution in [1.82, 2.24) is 15.5 Å². The molecule has 0 saturated heterocycles. The van der Waals surface area contributed by atoms with E-state index in [9.17, 15) is 4.79 Å². The maximum absolute atomic E-state index is 11.9. The number of nitrogens with two attached hydrogens (primary N) is 1. The Morgan fingerprint density at radius 1 is 1.62 bits per heavy atom. The number of H-pyrrole nitrogens is 1. The number of amides is 1.